The Bertz CT molecular complexity index is 456. The van der Waals surface area contributed by atoms with Crippen molar-refractivity contribution < 1.29 is 4.79 Å². The van der Waals surface area contributed by atoms with Gasteiger partial charge < -0.3 is 10.6 Å². The molecule has 1 aromatic rings. The number of aryl methyl sites for hydroxylation is 2. The van der Waals surface area contributed by atoms with Crippen molar-refractivity contribution in [1.82, 2.24) is 5.32 Å². The van der Waals surface area contributed by atoms with Gasteiger partial charge in [-0.2, -0.15) is 0 Å². The summed E-state index contributed by atoms with van der Waals surface area (Å²) in [7, 11) is 0. The number of nitrogens with one attached hydrogen (secondary N) is 2. The normalized spacial score (nSPS) is 16.6. The van der Waals surface area contributed by atoms with Crippen molar-refractivity contribution in [2.75, 3.05) is 5.32 Å². The third-order valence-electron chi connectivity index (χ3n) is 3.93. The molecule has 0 aliphatic heterocycles. The van der Waals surface area contributed by atoms with Crippen LogP contribution in [0.4, 0.5) is 10.5 Å². The molecule has 1 aliphatic rings. The van der Waals surface area contributed by atoms with E-state index in [9.17, 15) is 4.79 Å². The van der Waals surface area contributed by atoms with Crippen LogP contribution in [0.2, 0.25) is 0 Å². The highest BCUT2D eigenvalue weighted by molar-refractivity contribution is 9.10. The van der Waals surface area contributed by atoms with E-state index in [0.29, 0.717) is 6.04 Å². The van der Waals surface area contributed by atoms with E-state index in [1.807, 2.05) is 26.0 Å². The summed E-state index contributed by atoms with van der Waals surface area (Å²) in [6.07, 6.45) is 7.25. The number of benzene rings is 1. The minimum atomic E-state index is -0.0783. The molecule has 2 rings (SSSR count). The van der Waals surface area contributed by atoms with E-state index in [0.717, 1.165) is 34.1 Å². The monoisotopic (exact) mass is 338 g/mol. The van der Waals surface area contributed by atoms with Crippen LogP contribution in [0.25, 0.3) is 0 Å². The van der Waals surface area contributed by atoms with Crippen molar-refractivity contribution in [1.29, 1.82) is 0 Å². The number of carbonyl (C=O) groups is 1. The fourth-order valence-corrected chi connectivity index (χ4v) is 3.55. The molecular weight excluding hydrogens is 316 g/mol. The van der Waals surface area contributed by atoms with Crippen molar-refractivity contribution in [3.8, 4) is 0 Å². The van der Waals surface area contributed by atoms with Gasteiger partial charge in [0.05, 0.1) is 0 Å². The fourth-order valence-electron chi connectivity index (χ4n) is 2.87. The molecule has 1 aromatic carbocycles. The van der Waals surface area contributed by atoms with Crippen LogP contribution in [-0.2, 0) is 0 Å². The third kappa shape index (κ3) is 4.23. The third-order valence-corrected chi connectivity index (χ3v) is 4.38. The Morgan fingerprint density at radius 1 is 1.10 bits per heavy atom. The lowest BCUT2D eigenvalue weighted by molar-refractivity contribution is 0.247. The number of rotatable bonds is 2. The molecule has 0 radical (unpaired) electrons. The highest BCUT2D eigenvalue weighted by atomic mass is 79.9. The van der Waals surface area contributed by atoms with Crippen LogP contribution >= 0.6 is 15.9 Å². The minimum absolute atomic E-state index is 0.0783. The van der Waals surface area contributed by atoms with Gasteiger partial charge in [-0.1, -0.05) is 41.6 Å². The van der Waals surface area contributed by atoms with E-state index in [1.54, 1.807) is 0 Å². The molecule has 0 unspecified atom stereocenters. The highest BCUT2D eigenvalue weighted by Gasteiger charge is 2.15. The molecule has 0 saturated heterocycles. The van der Waals surface area contributed by atoms with E-state index >= 15 is 0 Å². The number of anilines is 1. The molecule has 1 saturated carbocycles. The van der Waals surface area contributed by atoms with Gasteiger partial charge in [0.1, 0.15) is 0 Å². The van der Waals surface area contributed by atoms with Gasteiger partial charge >= 0.3 is 6.03 Å². The molecular formula is C16H23BrN2O. The molecule has 0 aromatic heterocycles. The summed E-state index contributed by atoms with van der Waals surface area (Å²) in [5.74, 6) is 0. The second-order valence-electron chi connectivity index (χ2n) is 5.70. The van der Waals surface area contributed by atoms with E-state index < -0.39 is 0 Å². The fraction of sp³-hybridized carbons (Fsp3) is 0.562. The number of halogens is 1. The van der Waals surface area contributed by atoms with Gasteiger partial charge in [0, 0.05) is 16.2 Å². The number of urea groups is 1. The van der Waals surface area contributed by atoms with Crippen LogP contribution in [0.1, 0.15) is 49.7 Å². The number of amides is 2. The van der Waals surface area contributed by atoms with E-state index in [-0.39, 0.29) is 6.03 Å². The second-order valence-corrected chi connectivity index (χ2v) is 6.62. The smallest absolute Gasteiger partial charge is 0.319 e. The van der Waals surface area contributed by atoms with Gasteiger partial charge in [-0.15, -0.1) is 0 Å². The van der Waals surface area contributed by atoms with E-state index in [4.69, 9.17) is 0 Å². The van der Waals surface area contributed by atoms with E-state index in [1.165, 1.54) is 25.7 Å². The zero-order chi connectivity index (χ0) is 14.5. The second kappa shape index (κ2) is 7.11. The lowest BCUT2D eigenvalue weighted by Crippen LogP contribution is -2.37. The predicted molar refractivity (Wildman–Crippen MR) is 87.3 cm³/mol. The summed E-state index contributed by atoms with van der Waals surface area (Å²) in [5.41, 5.74) is 3.07. The summed E-state index contributed by atoms with van der Waals surface area (Å²) in [6.45, 7) is 4.03. The van der Waals surface area contributed by atoms with Crippen molar-refractivity contribution in [2.45, 2.75) is 58.4 Å². The maximum absolute atomic E-state index is 12.1. The number of carbonyl (C=O) groups excluding carboxylic acids is 1. The van der Waals surface area contributed by atoms with Gasteiger partial charge in [-0.3, -0.25) is 0 Å². The molecule has 110 valence electrons. The maximum atomic E-state index is 12.1. The van der Waals surface area contributed by atoms with Crippen molar-refractivity contribution in [3.63, 3.8) is 0 Å². The molecule has 2 N–H and O–H groups in total. The Morgan fingerprint density at radius 3 is 2.20 bits per heavy atom. The first-order chi connectivity index (χ1) is 9.56. The highest BCUT2D eigenvalue weighted by Crippen LogP contribution is 2.25. The van der Waals surface area contributed by atoms with Crippen LogP contribution in [0, 0.1) is 13.8 Å². The molecule has 0 bridgehead atoms. The summed E-state index contributed by atoms with van der Waals surface area (Å²) in [6, 6.07) is 4.29. The van der Waals surface area contributed by atoms with Crippen LogP contribution < -0.4 is 10.6 Å². The minimum Gasteiger partial charge on any atom is -0.335 e. The molecule has 1 aliphatic carbocycles. The molecule has 20 heavy (non-hydrogen) atoms. The molecule has 1 fully saturated rings. The first-order valence-electron chi connectivity index (χ1n) is 7.40. The molecule has 0 atom stereocenters. The van der Waals surface area contributed by atoms with Gasteiger partial charge in [-0.05, 0) is 49.9 Å². The summed E-state index contributed by atoms with van der Waals surface area (Å²) in [4.78, 5) is 12.1. The van der Waals surface area contributed by atoms with Crippen LogP contribution in [0.5, 0.6) is 0 Å². The summed E-state index contributed by atoms with van der Waals surface area (Å²) >= 11 is 3.47. The zero-order valence-corrected chi connectivity index (χ0v) is 13.8. The van der Waals surface area contributed by atoms with Crippen molar-refractivity contribution >= 4 is 27.6 Å². The Balaban J connectivity index is 1.97. The standard InChI is InChI=1S/C16H23BrN2O/c1-11-9-13(17)10-12(2)15(11)19-16(20)18-14-7-5-3-4-6-8-14/h9-10,14H,3-8H2,1-2H3,(H2,18,19,20). The first-order valence-corrected chi connectivity index (χ1v) is 8.20. The van der Waals surface area contributed by atoms with Crippen molar-refractivity contribution in [2.24, 2.45) is 0 Å². The average Bonchev–Trinajstić information content (AvgIpc) is 2.62. The Labute approximate surface area is 129 Å². The number of hydrogen-bond donors (Lipinski definition) is 2. The largest absolute Gasteiger partial charge is 0.335 e. The molecule has 4 heteroatoms. The summed E-state index contributed by atoms with van der Waals surface area (Å²) in [5, 5.41) is 6.12. The van der Waals surface area contributed by atoms with Gasteiger partial charge in [0.25, 0.3) is 0 Å². The summed E-state index contributed by atoms with van der Waals surface area (Å²) < 4.78 is 1.04. The Morgan fingerprint density at radius 2 is 1.65 bits per heavy atom. The maximum Gasteiger partial charge on any atom is 0.319 e. The van der Waals surface area contributed by atoms with Gasteiger partial charge in [0.15, 0.2) is 0 Å². The molecule has 3 nitrogen and oxygen atoms in total. The van der Waals surface area contributed by atoms with Crippen LogP contribution in [-0.4, -0.2) is 12.1 Å². The SMILES string of the molecule is Cc1cc(Br)cc(C)c1NC(=O)NC1CCCCCC1. The first kappa shape index (κ1) is 15.4. The lowest BCUT2D eigenvalue weighted by atomic mass is 10.1. The van der Waals surface area contributed by atoms with Crippen LogP contribution in [0.15, 0.2) is 16.6 Å². The molecule has 2 amide bonds. The quantitative estimate of drug-likeness (QED) is 0.739. The topological polar surface area (TPSA) is 41.1 Å². The molecule has 0 spiro atoms. The van der Waals surface area contributed by atoms with Gasteiger partial charge in [-0.25, -0.2) is 4.79 Å². The molecule has 0 heterocycles. The zero-order valence-electron chi connectivity index (χ0n) is 12.3. The Kier molecular flexibility index (Phi) is 5.46. The average molecular weight is 339 g/mol. The lowest BCUT2D eigenvalue weighted by Gasteiger charge is -2.18. The number of hydrogen-bond acceptors (Lipinski definition) is 1. The van der Waals surface area contributed by atoms with E-state index in [2.05, 4.69) is 26.6 Å². The Hall–Kier alpha value is -1.03. The predicted octanol–water partition coefficient (Wildman–Crippen LogP) is 4.91. The van der Waals surface area contributed by atoms with Crippen molar-refractivity contribution in [3.05, 3.63) is 27.7 Å². The van der Waals surface area contributed by atoms with Gasteiger partial charge in [0.2, 0.25) is 0 Å². The van der Waals surface area contributed by atoms with Crippen LogP contribution in [0.3, 0.4) is 0 Å².